The fourth-order valence-corrected chi connectivity index (χ4v) is 6.91. The van der Waals surface area contributed by atoms with E-state index in [1.54, 1.807) is 52.0 Å². The quantitative estimate of drug-likeness (QED) is 0.166. The van der Waals surface area contributed by atoms with Crippen molar-refractivity contribution in [1.29, 1.82) is 0 Å². The lowest BCUT2D eigenvalue weighted by atomic mass is 9.76. The second-order valence-electron chi connectivity index (χ2n) is 15.2. The Morgan fingerprint density at radius 1 is 0.889 bits per heavy atom. The molecule has 0 saturated heterocycles. The first-order chi connectivity index (χ1) is 25.7. The molecule has 0 radical (unpaired) electrons. The van der Waals surface area contributed by atoms with Crippen LogP contribution in [0.15, 0.2) is 84.9 Å². The molecule has 3 aromatic carbocycles. The number of aromatic carboxylic acids is 1. The molecule has 3 aromatic rings. The van der Waals surface area contributed by atoms with Gasteiger partial charge in [-0.25, -0.2) is 9.59 Å². The van der Waals surface area contributed by atoms with Crippen molar-refractivity contribution < 1.29 is 38.6 Å². The Morgan fingerprint density at radius 3 is 2.20 bits per heavy atom. The van der Waals surface area contributed by atoms with Crippen LogP contribution < -0.4 is 15.4 Å². The molecule has 3 N–H and O–H groups in total. The minimum Gasteiger partial charge on any atom is -0.489 e. The molecule has 11 nitrogen and oxygen atoms in total. The van der Waals surface area contributed by atoms with Gasteiger partial charge in [-0.3, -0.25) is 19.3 Å². The number of carboxylic acid groups (broad SMARTS) is 1. The number of rotatable bonds is 13. The van der Waals surface area contributed by atoms with Crippen LogP contribution in [0.2, 0.25) is 0 Å². The molecule has 2 aliphatic carbocycles. The van der Waals surface area contributed by atoms with Crippen molar-refractivity contribution in [2.75, 3.05) is 7.05 Å². The summed E-state index contributed by atoms with van der Waals surface area (Å²) in [6.45, 7) is 7.02. The fraction of sp³-hybridized carbons (Fsp3) is 0.419. The van der Waals surface area contributed by atoms with Crippen LogP contribution in [0.25, 0.3) is 0 Å². The SMILES string of the molecule is C[C@@H](C(=O)N[C@@H](Cc1ccc(OCc2ccc(C(=O)O)cc2)cc1)C(=O)[C@@H]1CC=CC[C@H]1C(=O)N[C@@H]1CCCc2ccccc21)N(C)C(=O)OC(C)(C)C. The lowest BCUT2D eigenvalue weighted by molar-refractivity contribution is -0.137. The zero-order valence-corrected chi connectivity index (χ0v) is 31.7. The lowest BCUT2D eigenvalue weighted by Gasteiger charge is -2.33. The summed E-state index contributed by atoms with van der Waals surface area (Å²) >= 11 is 0. The number of likely N-dealkylation sites (N-methyl/N-ethyl adjacent to an activating group) is 1. The Hall–Kier alpha value is -5.45. The highest BCUT2D eigenvalue weighted by atomic mass is 16.6. The van der Waals surface area contributed by atoms with Gasteiger partial charge in [0.2, 0.25) is 11.8 Å². The number of ketones is 1. The first-order valence-electron chi connectivity index (χ1n) is 18.6. The van der Waals surface area contributed by atoms with E-state index in [0.717, 1.165) is 36.0 Å². The highest BCUT2D eigenvalue weighted by Crippen LogP contribution is 2.33. The minimum atomic E-state index is -1.00. The van der Waals surface area contributed by atoms with Crippen molar-refractivity contribution in [3.05, 3.63) is 113 Å². The first kappa shape index (κ1) is 39.8. The predicted molar refractivity (Wildman–Crippen MR) is 204 cm³/mol. The molecule has 5 atom stereocenters. The van der Waals surface area contributed by atoms with E-state index in [1.807, 2.05) is 36.4 Å². The van der Waals surface area contributed by atoms with Crippen LogP contribution in [0.3, 0.4) is 0 Å². The van der Waals surface area contributed by atoms with Gasteiger partial charge in [0.25, 0.3) is 0 Å². The number of ether oxygens (including phenoxy) is 2. The number of aryl methyl sites for hydroxylation is 1. The van der Waals surface area contributed by atoms with Crippen LogP contribution in [0, 0.1) is 11.8 Å². The number of fused-ring (bicyclic) bond motifs is 1. The molecular formula is C43H51N3O8. The smallest absolute Gasteiger partial charge is 0.410 e. The zero-order chi connectivity index (χ0) is 39.0. The molecule has 0 spiro atoms. The Labute approximate surface area is 317 Å². The van der Waals surface area contributed by atoms with Crippen molar-refractivity contribution in [1.82, 2.24) is 15.5 Å². The van der Waals surface area contributed by atoms with E-state index in [0.29, 0.717) is 18.6 Å². The van der Waals surface area contributed by atoms with Crippen molar-refractivity contribution >= 4 is 29.7 Å². The molecule has 0 bridgehead atoms. The van der Waals surface area contributed by atoms with E-state index >= 15 is 0 Å². The summed E-state index contributed by atoms with van der Waals surface area (Å²) in [6, 6.07) is 19.7. The van der Waals surface area contributed by atoms with Crippen molar-refractivity contribution in [3.63, 3.8) is 0 Å². The number of nitrogens with zero attached hydrogens (tertiary/aromatic N) is 1. The topological polar surface area (TPSA) is 151 Å². The third kappa shape index (κ3) is 10.4. The van der Waals surface area contributed by atoms with E-state index in [-0.39, 0.29) is 36.3 Å². The Bertz CT molecular complexity index is 1850. The third-order valence-corrected chi connectivity index (χ3v) is 10.1. The number of Topliss-reactive ketones (excluding diaryl/α,β-unsaturated/α-hetero) is 1. The highest BCUT2D eigenvalue weighted by Gasteiger charge is 2.39. The molecule has 5 rings (SSSR count). The predicted octanol–water partition coefficient (Wildman–Crippen LogP) is 6.59. The summed E-state index contributed by atoms with van der Waals surface area (Å²) in [6.07, 6.45) is 6.85. The van der Waals surface area contributed by atoms with Gasteiger partial charge >= 0.3 is 12.1 Å². The number of nitrogens with one attached hydrogen (secondary N) is 2. The summed E-state index contributed by atoms with van der Waals surface area (Å²) in [7, 11) is 1.48. The van der Waals surface area contributed by atoms with Crippen LogP contribution in [0.5, 0.6) is 5.75 Å². The maximum absolute atomic E-state index is 14.6. The molecule has 286 valence electrons. The molecule has 0 heterocycles. The van der Waals surface area contributed by atoms with Crippen LogP contribution in [-0.2, 0) is 38.6 Å². The summed E-state index contributed by atoms with van der Waals surface area (Å²) in [4.78, 5) is 67.4. The number of carbonyl (C=O) groups is 5. The molecule has 0 aromatic heterocycles. The summed E-state index contributed by atoms with van der Waals surface area (Å²) in [5, 5.41) is 15.3. The van der Waals surface area contributed by atoms with Crippen LogP contribution >= 0.6 is 0 Å². The standard InChI is InChI=1S/C43H51N3O8/c1-27(46(5)42(52)54-43(2,3)4)39(48)45-37(25-28-19-23-32(24-20-28)53-26-29-17-21-31(22-18-29)41(50)51)38(47)34-14-8-9-15-35(34)40(49)44-36-16-10-12-30-11-6-7-13-33(30)36/h6-9,11,13,17-24,27,34-37H,10,12,14-16,25-26H2,1-5H3,(H,44,49)(H,45,48)(H,50,51)/t27-,34+,35+,36+,37-/m0/s1. The molecule has 3 amide bonds. The Morgan fingerprint density at radius 2 is 1.54 bits per heavy atom. The van der Waals surface area contributed by atoms with Crippen LogP contribution in [-0.4, -0.2) is 64.4 Å². The first-order valence-corrected chi connectivity index (χ1v) is 18.6. The van der Waals surface area contributed by atoms with E-state index in [4.69, 9.17) is 14.6 Å². The van der Waals surface area contributed by atoms with Gasteiger partial charge in [-0.2, -0.15) is 0 Å². The van der Waals surface area contributed by atoms with Gasteiger partial charge in [-0.15, -0.1) is 0 Å². The average Bonchev–Trinajstić information content (AvgIpc) is 3.16. The second kappa shape index (κ2) is 17.6. The lowest BCUT2D eigenvalue weighted by Crippen LogP contribution is -2.54. The van der Waals surface area contributed by atoms with Crippen molar-refractivity contribution in [2.24, 2.45) is 11.8 Å². The number of benzene rings is 3. The number of hydrogen-bond donors (Lipinski definition) is 3. The van der Waals surface area contributed by atoms with E-state index < -0.39 is 47.5 Å². The number of hydrogen-bond acceptors (Lipinski definition) is 7. The van der Waals surface area contributed by atoms with Crippen molar-refractivity contribution in [2.45, 2.75) is 96.6 Å². The molecule has 0 saturated carbocycles. The zero-order valence-electron chi connectivity index (χ0n) is 31.7. The fourth-order valence-electron chi connectivity index (χ4n) is 6.91. The number of carboxylic acids is 1. The maximum Gasteiger partial charge on any atom is 0.410 e. The molecule has 0 unspecified atom stereocenters. The molecule has 11 heteroatoms. The average molecular weight is 738 g/mol. The third-order valence-electron chi connectivity index (χ3n) is 10.1. The van der Waals surface area contributed by atoms with Gasteiger partial charge in [0.15, 0.2) is 5.78 Å². The molecule has 0 aliphatic heterocycles. The normalized spacial score (nSPS) is 19.0. The number of amides is 3. The molecule has 2 aliphatic rings. The van der Waals surface area contributed by atoms with Gasteiger partial charge in [0, 0.05) is 13.0 Å². The monoisotopic (exact) mass is 737 g/mol. The highest BCUT2D eigenvalue weighted by molar-refractivity contribution is 5.96. The second-order valence-corrected chi connectivity index (χ2v) is 15.2. The minimum absolute atomic E-state index is 0.131. The van der Waals surface area contributed by atoms with Crippen molar-refractivity contribution in [3.8, 4) is 5.75 Å². The Kier molecular flexibility index (Phi) is 12.9. The Balaban J connectivity index is 1.33. The molecule has 54 heavy (non-hydrogen) atoms. The van der Waals surface area contributed by atoms with E-state index in [2.05, 4.69) is 22.8 Å². The van der Waals surface area contributed by atoms with Crippen LogP contribution in [0.1, 0.15) is 92.0 Å². The van der Waals surface area contributed by atoms with E-state index in [1.165, 1.54) is 29.6 Å². The van der Waals surface area contributed by atoms with Crippen LogP contribution in [0.4, 0.5) is 4.79 Å². The molecular weight excluding hydrogens is 686 g/mol. The summed E-state index contributed by atoms with van der Waals surface area (Å²) in [5.74, 6) is -2.68. The number of carbonyl (C=O) groups excluding carboxylic acids is 4. The largest absolute Gasteiger partial charge is 0.489 e. The van der Waals surface area contributed by atoms with E-state index in [9.17, 15) is 24.0 Å². The number of allylic oxidation sites excluding steroid dienone is 2. The maximum atomic E-state index is 14.6. The van der Waals surface area contributed by atoms with Gasteiger partial charge in [0.1, 0.15) is 24.0 Å². The van der Waals surface area contributed by atoms with Gasteiger partial charge in [-0.1, -0.05) is 60.7 Å². The van der Waals surface area contributed by atoms with Gasteiger partial charge in [0.05, 0.1) is 23.6 Å². The molecule has 0 fully saturated rings. The van der Waals surface area contributed by atoms with Gasteiger partial charge < -0.3 is 25.2 Å². The summed E-state index contributed by atoms with van der Waals surface area (Å²) in [5.41, 5.74) is 3.33. The summed E-state index contributed by atoms with van der Waals surface area (Å²) < 4.78 is 11.4. The van der Waals surface area contributed by atoms with Gasteiger partial charge in [-0.05, 0) is 113 Å².